The van der Waals surface area contributed by atoms with E-state index in [-0.39, 0.29) is 17.9 Å². The molecule has 0 bridgehead atoms. The number of rotatable bonds is 7. The molecule has 0 spiro atoms. The van der Waals surface area contributed by atoms with E-state index in [0.717, 1.165) is 12.8 Å². The first-order chi connectivity index (χ1) is 15.7. The van der Waals surface area contributed by atoms with Gasteiger partial charge in [-0.25, -0.2) is 0 Å². The number of likely N-dealkylation sites (tertiary alicyclic amines) is 1. The van der Waals surface area contributed by atoms with Crippen molar-refractivity contribution in [2.75, 3.05) is 46.1 Å². The molecule has 2 aromatic carbocycles. The van der Waals surface area contributed by atoms with Crippen molar-refractivity contribution in [1.82, 2.24) is 9.80 Å². The van der Waals surface area contributed by atoms with Crippen LogP contribution in [0.15, 0.2) is 48.5 Å². The van der Waals surface area contributed by atoms with E-state index in [2.05, 4.69) is 0 Å². The highest BCUT2D eigenvalue weighted by molar-refractivity contribution is 5.97. The molecule has 0 N–H and O–H groups in total. The SMILES string of the molecule is CCOc1ccccc1C(=O)N1CCC[C@@H]1COc1ccc(C(=O)N2CCOCC2)cc1. The zero-order valence-electron chi connectivity index (χ0n) is 18.5. The Bertz CT molecular complexity index is 924. The number of morpholine rings is 1. The summed E-state index contributed by atoms with van der Waals surface area (Å²) in [6.45, 7) is 5.95. The van der Waals surface area contributed by atoms with E-state index in [1.54, 1.807) is 12.1 Å². The number of amides is 2. The Morgan fingerprint density at radius 1 is 0.969 bits per heavy atom. The maximum absolute atomic E-state index is 13.2. The van der Waals surface area contributed by atoms with Crippen molar-refractivity contribution < 1.29 is 23.8 Å². The first-order valence-electron chi connectivity index (χ1n) is 11.3. The lowest BCUT2D eigenvalue weighted by Gasteiger charge is -2.27. The van der Waals surface area contributed by atoms with Crippen molar-refractivity contribution in [2.45, 2.75) is 25.8 Å². The maximum Gasteiger partial charge on any atom is 0.257 e. The lowest BCUT2D eigenvalue weighted by Crippen LogP contribution is -2.40. The summed E-state index contributed by atoms with van der Waals surface area (Å²) < 4.78 is 16.9. The van der Waals surface area contributed by atoms with Crippen LogP contribution in [0.25, 0.3) is 0 Å². The molecule has 1 atom stereocenters. The summed E-state index contributed by atoms with van der Waals surface area (Å²) in [6, 6.07) is 14.6. The zero-order chi connectivity index (χ0) is 22.3. The smallest absolute Gasteiger partial charge is 0.257 e. The fourth-order valence-corrected chi connectivity index (χ4v) is 4.19. The molecule has 0 aliphatic carbocycles. The number of nitrogens with zero attached hydrogens (tertiary/aromatic N) is 2. The van der Waals surface area contributed by atoms with Gasteiger partial charge in [-0.1, -0.05) is 12.1 Å². The molecule has 0 unspecified atom stereocenters. The lowest BCUT2D eigenvalue weighted by atomic mass is 10.1. The summed E-state index contributed by atoms with van der Waals surface area (Å²) in [5, 5.41) is 0. The summed E-state index contributed by atoms with van der Waals surface area (Å²) in [7, 11) is 0. The predicted molar refractivity (Wildman–Crippen MR) is 120 cm³/mol. The molecule has 2 fully saturated rings. The summed E-state index contributed by atoms with van der Waals surface area (Å²) in [6.07, 6.45) is 1.85. The van der Waals surface area contributed by atoms with Crippen molar-refractivity contribution >= 4 is 11.8 Å². The van der Waals surface area contributed by atoms with Gasteiger partial charge in [0.15, 0.2) is 0 Å². The first kappa shape index (κ1) is 22.1. The number of hydrogen-bond acceptors (Lipinski definition) is 5. The monoisotopic (exact) mass is 438 g/mol. The van der Waals surface area contributed by atoms with Gasteiger partial charge in [-0.15, -0.1) is 0 Å². The van der Waals surface area contributed by atoms with Crippen LogP contribution in [0, 0.1) is 0 Å². The van der Waals surface area contributed by atoms with Crippen LogP contribution < -0.4 is 9.47 Å². The van der Waals surface area contributed by atoms with Crippen LogP contribution in [0.5, 0.6) is 11.5 Å². The summed E-state index contributed by atoms with van der Waals surface area (Å²) in [4.78, 5) is 29.4. The Kier molecular flexibility index (Phi) is 7.27. The Labute approximate surface area is 188 Å². The van der Waals surface area contributed by atoms with Crippen molar-refractivity contribution in [1.29, 1.82) is 0 Å². The van der Waals surface area contributed by atoms with Crippen molar-refractivity contribution in [3.05, 3.63) is 59.7 Å². The Morgan fingerprint density at radius 2 is 1.72 bits per heavy atom. The zero-order valence-corrected chi connectivity index (χ0v) is 18.5. The molecule has 7 heteroatoms. The second-order valence-electron chi connectivity index (χ2n) is 7.96. The van der Waals surface area contributed by atoms with Gasteiger partial charge in [0.2, 0.25) is 0 Å². The molecule has 2 aromatic rings. The van der Waals surface area contributed by atoms with Gasteiger partial charge in [0.25, 0.3) is 11.8 Å². The van der Waals surface area contributed by atoms with Crippen LogP contribution in [0.4, 0.5) is 0 Å². The summed E-state index contributed by atoms with van der Waals surface area (Å²) in [5.74, 6) is 1.30. The third kappa shape index (κ3) is 5.05. The van der Waals surface area contributed by atoms with E-state index in [0.29, 0.717) is 68.7 Å². The summed E-state index contributed by atoms with van der Waals surface area (Å²) in [5.41, 5.74) is 1.23. The fourth-order valence-electron chi connectivity index (χ4n) is 4.19. The van der Waals surface area contributed by atoms with E-state index < -0.39 is 0 Å². The fraction of sp³-hybridized carbons (Fsp3) is 0.440. The van der Waals surface area contributed by atoms with Gasteiger partial charge >= 0.3 is 0 Å². The highest BCUT2D eigenvalue weighted by Crippen LogP contribution is 2.26. The van der Waals surface area contributed by atoms with Crippen LogP contribution in [0.2, 0.25) is 0 Å². The molecule has 0 aromatic heterocycles. The third-order valence-corrected chi connectivity index (χ3v) is 5.90. The number of benzene rings is 2. The highest BCUT2D eigenvalue weighted by atomic mass is 16.5. The standard InChI is InChI=1S/C25H30N2O5/c1-2-31-23-8-4-3-7-22(23)25(29)27-13-5-6-20(27)18-32-21-11-9-19(10-12-21)24(28)26-14-16-30-17-15-26/h3-4,7-12,20H,2,5-6,13-18H2,1H3/t20-/m1/s1. The van der Waals surface area contributed by atoms with Gasteiger partial charge in [0.1, 0.15) is 18.1 Å². The van der Waals surface area contributed by atoms with Crippen molar-refractivity contribution in [2.24, 2.45) is 0 Å². The number of ether oxygens (including phenoxy) is 3. The van der Waals surface area contributed by atoms with Gasteiger partial charge in [-0.2, -0.15) is 0 Å². The molecule has 32 heavy (non-hydrogen) atoms. The molecule has 0 radical (unpaired) electrons. The van der Waals surface area contributed by atoms with Gasteiger partial charge in [-0.05, 0) is 56.2 Å². The van der Waals surface area contributed by atoms with Crippen LogP contribution in [-0.4, -0.2) is 73.7 Å². The van der Waals surface area contributed by atoms with Crippen LogP contribution in [0.3, 0.4) is 0 Å². The molecule has 0 saturated carbocycles. The maximum atomic E-state index is 13.2. The number of carbonyl (C=O) groups excluding carboxylic acids is 2. The van der Waals surface area contributed by atoms with Gasteiger partial charge in [-0.3, -0.25) is 9.59 Å². The van der Waals surface area contributed by atoms with E-state index in [1.807, 2.05) is 53.1 Å². The quantitative estimate of drug-likeness (QED) is 0.664. The van der Waals surface area contributed by atoms with Gasteiger partial charge < -0.3 is 24.0 Å². The van der Waals surface area contributed by atoms with E-state index in [9.17, 15) is 9.59 Å². The normalized spacial score (nSPS) is 18.5. The molecule has 2 saturated heterocycles. The number of hydrogen-bond donors (Lipinski definition) is 0. The van der Waals surface area contributed by atoms with Crippen molar-refractivity contribution in [3.8, 4) is 11.5 Å². The second kappa shape index (κ2) is 10.5. The minimum atomic E-state index is -0.0217. The minimum Gasteiger partial charge on any atom is -0.493 e. The third-order valence-electron chi connectivity index (χ3n) is 5.90. The van der Waals surface area contributed by atoms with E-state index in [1.165, 1.54) is 0 Å². The molecule has 2 heterocycles. The van der Waals surface area contributed by atoms with Gasteiger partial charge in [0.05, 0.1) is 31.4 Å². The van der Waals surface area contributed by atoms with E-state index >= 15 is 0 Å². The van der Waals surface area contributed by atoms with E-state index in [4.69, 9.17) is 14.2 Å². The predicted octanol–water partition coefficient (Wildman–Crippen LogP) is 3.24. The molecule has 170 valence electrons. The molecule has 2 aliphatic heterocycles. The van der Waals surface area contributed by atoms with Crippen LogP contribution in [-0.2, 0) is 4.74 Å². The Morgan fingerprint density at radius 3 is 2.47 bits per heavy atom. The topological polar surface area (TPSA) is 68.3 Å². The largest absolute Gasteiger partial charge is 0.493 e. The second-order valence-corrected chi connectivity index (χ2v) is 7.96. The highest BCUT2D eigenvalue weighted by Gasteiger charge is 2.31. The van der Waals surface area contributed by atoms with Crippen molar-refractivity contribution in [3.63, 3.8) is 0 Å². The van der Waals surface area contributed by atoms with Crippen LogP contribution in [0.1, 0.15) is 40.5 Å². The molecule has 2 amide bonds. The van der Waals surface area contributed by atoms with Crippen LogP contribution >= 0.6 is 0 Å². The summed E-state index contributed by atoms with van der Waals surface area (Å²) >= 11 is 0. The average molecular weight is 439 g/mol. The lowest BCUT2D eigenvalue weighted by molar-refractivity contribution is 0.0303. The molecular weight excluding hydrogens is 408 g/mol. The Balaban J connectivity index is 1.36. The van der Waals surface area contributed by atoms with Gasteiger partial charge in [0, 0.05) is 25.2 Å². The minimum absolute atomic E-state index is 0.00633. The molecule has 4 rings (SSSR count). The Hall–Kier alpha value is -3.06. The molecular formula is C25H30N2O5. The average Bonchev–Trinajstić information content (AvgIpc) is 3.32. The number of carbonyl (C=O) groups is 2. The molecule has 7 nitrogen and oxygen atoms in total. The first-order valence-corrected chi connectivity index (χ1v) is 11.3. The number of para-hydroxylation sites is 1. The molecule has 2 aliphatic rings.